The first-order valence-electron chi connectivity index (χ1n) is 10.6. The molecule has 3 aromatic rings. The highest BCUT2D eigenvalue weighted by atomic mass is 32.2. The van der Waals surface area contributed by atoms with Gasteiger partial charge in [0.1, 0.15) is 11.3 Å². The lowest BCUT2D eigenvalue weighted by molar-refractivity contribution is 0.0987. The van der Waals surface area contributed by atoms with Crippen molar-refractivity contribution in [3.8, 4) is 0 Å². The van der Waals surface area contributed by atoms with Crippen LogP contribution in [0.4, 0.5) is 5.69 Å². The zero-order valence-corrected chi connectivity index (χ0v) is 17.8. The molecular formula is C23H26N4OS. The summed E-state index contributed by atoms with van der Waals surface area (Å²) in [5, 5.41) is 0.483. The molecule has 2 aromatic heterocycles. The van der Waals surface area contributed by atoms with E-state index in [2.05, 4.69) is 23.6 Å². The van der Waals surface area contributed by atoms with Crippen molar-refractivity contribution < 1.29 is 4.79 Å². The molecule has 2 aliphatic heterocycles. The first kappa shape index (κ1) is 18.7. The minimum Gasteiger partial charge on any atom is -0.313 e. The summed E-state index contributed by atoms with van der Waals surface area (Å²) >= 11 is 1.85. The molecule has 5 rings (SSSR count). The maximum Gasteiger partial charge on any atom is 0.260 e. The van der Waals surface area contributed by atoms with E-state index in [4.69, 9.17) is 9.97 Å². The van der Waals surface area contributed by atoms with Gasteiger partial charge < -0.3 is 9.47 Å². The Kier molecular flexibility index (Phi) is 4.82. The molecule has 4 heterocycles. The predicted molar refractivity (Wildman–Crippen MR) is 118 cm³/mol. The van der Waals surface area contributed by atoms with E-state index in [1.165, 1.54) is 11.3 Å². The van der Waals surface area contributed by atoms with E-state index in [-0.39, 0.29) is 5.91 Å². The van der Waals surface area contributed by atoms with Gasteiger partial charge in [-0.3, -0.25) is 4.79 Å². The number of aromatic nitrogens is 3. The number of aryl methyl sites for hydroxylation is 3. The number of amides is 1. The fourth-order valence-corrected chi connectivity index (χ4v) is 5.53. The van der Waals surface area contributed by atoms with Crippen molar-refractivity contribution in [1.82, 2.24) is 14.5 Å². The van der Waals surface area contributed by atoms with Gasteiger partial charge in [0.2, 0.25) is 0 Å². The number of para-hydroxylation sites is 1. The highest BCUT2D eigenvalue weighted by Crippen LogP contribution is 2.38. The summed E-state index contributed by atoms with van der Waals surface area (Å²) in [6.07, 6.45) is 5.46. The summed E-state index contributed by atoms with van der Waals surface area (Å²) in [4.78, 5) is 26.6. The predicted octanol–water partition coefficient (Wildman–Crippen LogP) is 5.00. The molecule has 2 aliphatic rings. The van der Waals surface area contributed by atoms with Crippen molar-refractivity contribution >= 4 is 34.5 Å². The zero-order chi connectivity index (χ0) is 20.0. The van der Waals surface area contributed by atoms with Crippen LogP contribution in [0.1, 0.15) is 54.5 Å². The van der Waals surface area contributed by atoms with E-state index in [0.29, 0.717) is 10.8 Å². The Morgan fingerprint density at radius 1 is 1.14 bits per heavy atom. The van der Waals surface area contributed by atoms with Crippen LogP contribution in [-0.4, -0.2) is 32.2 Å². The summed E-state index contributed by atoms with van der Waals surface area (Å²) in [5.74, 6) is 1.11. The number of hydrogen-bond acceptors (Lipinski definition) is 4. The van der Waals surface area contributed by atoms with Crippen LogP contribution in [0.5, 0.6) is 0 Å². The van der Waals surface area contributed by atoms with Crippen molar-refractivity contribution in [2.45, 2.75) is 62.6 Å². The van der Waals surface area contributed by atoms with Crippen LogP contribution in [0.3, 0.4) is 0 Å². The third kappa shape index (κ3) is 3.33. The maximum atomic E-state index is 13.8. The second kappa shape index (κ2) is 7.48. The Morgan fingerprint density at radius 2 is 2.00 bits per heavy atom. The van der Waals surface area contributed by atoms with E-state index >= 15 is 0 Å². The Morgan fingerprint density at radius 3 is 2.90 bits per heavy atom. The number of thioether (sulfide) groups is 1. The van der Waals surface area contributed by atoms with Crippen molar-refractivity contribution in [2.75, 3.05) is 11.4 Å². The molecule has 1 unspecified atom stereocenters. The molecule has 1 amide bonds. The topological polar surface area (TPSA) is 51.0 Å². The quantitative estimate of drug-likeness (QED) is 0.571. The first-order valence-corrected chi connectivity index (χ1v) is 11.4. The summed E-state index contributed by atoms with van der Waals surface area (Å²) in [5.41, 5.74) is 4.20. The average molecular weight is 407 g/mol. The van der Waals surface area contributed by atoms with Gasteiger partial charge in [-0.15, -0.1) is 11.8 Å². The molecule has 0 saturated heterocycles. The number of fused-ring (bicyclic) bond motifs is 4. The molecule has 0 saturated carbocycles. The maximum absolute atomic E-state index is 13.8. The van der Waals surface area contributed by atoms with Crippen molar-refractivity contribution in [1.29, 1.82) is 0 Å². The first-order chi connectivity index (χ1) is 14.1. The number of hydrogen-bond donors (Lipinski definition) is 0. The zero-order valence-electron chi connectivity index (χ0n) is 17.0. The summed E-state index contributed by atoms with van der Waals surface area (Å²) in [6, 6.07) is 10.2. The largest absolute Gasteiger partial charge is 0.313 e. The number of carbonyl (C=O) groups excluding carboxylic acids is 1. The van der Waals surface area contributed by atoms with Crippen LogP contribution >= 0.6 is 11.8 Å². The summed E-state index contributed by atoms with van der Waals surface area (Å²) in [7, 11) is 0. The van der Waals surface area contributed by atoms with E-state index in [1.807, 2.05) is 41.8 Å². The molecule has 0 bridgehead atoms. The van der Waals surface area contributed by atoms with Crippen molar-refractivity contribution in [3.05, 3.63) is 47.4 Å². The normalized spacial score (nSPS) is 19.4. The third-order valence-corrected chi connectivity index (χ3v) is 7.15. The van der Waals surface area contributed by atoms with E-state index in [9.17, 15) is 4.79 Å². The van der Waals surface area contributed by atoms with Gasteiger partial charge in [0.05, 0.1) is 11.3 Å². The minimum atomic E-state index is 0.0379. The SMILES string of the molecule is Cc1cc(C(=O)N2CCC(C)Sc3ccccc32)c2nc3n(c2n1)CCCCC3. The van der Waals surface area contributed by atoms with Gasteiger partial charge in [-0.25, -0.2) is 9.97 Å². The Hall–Kier alpha value is -2.34. The fourth-order valence-electron chi connectivity index (χ4n) is 4.42. The monoisotopic (exact) mass is 406 g/mol. The number of imidazole rings is 1. The Balaban J connectivity index is 1.63. The van der Waals surface area contributed by atoms with E-state index < -0.39 is 0 Å². The van der Waals surface area contributed by atoms with Crippen LogP contribution in [0.2, 0.25) is 0 Å². The smallest absolute Gasteiger partial charge is 0.260 e. The molecule has 0 radical (unpaired) electrons. The van der Waals surface area contributed by atoms with Crippen LogP contribution < -0.4 is 4.90 Å². The second-order valence-electron chi connectivity index (χ2n) is 8.12. The van der Waals surface area contributed by atoms with Gasteiger partial charge in [0, 0.05) is 35.3 Å². The van der Waals surface area contributed by atoms with Gasteiger partial charge in [0.15, 0.2) is 5.65 Å². The molecule has 150 valence electrons. The third-order valence-electron chi connectivity index (χ3n) is 5.91. The van der Waals surface area contributed by atoms with Crippen molar-refractivity contribution in [3.63, 3.8) is 0 Å². The molecule has 0 fully saturated rings. The number of nitrogens with zero attached hydrogens (tertiary/aromatic N) is 4. The number of anilines is 1. The van der Waals surface area contributed by atoms with Crippen LogP contribution in [-0.2, 0) is 13.0 Å². The molecular weight excluding hydrogens is 380 g/mol. The lowest BCUT2D eigenvalue weighted by Gasteiger charge is -2.23. The standard InChI is InChI=1S/C23H26N4OS/c1-15-14-17(21-22(24-15)27-12-7-3-4-10-20(27)25-21)23(28)26-13-11-16(2)29-19-9-6-5-8-18(19)26/h5-6,8-9,14,16H,3-4,7,10-13H2,1-2H3. The van der Waals surface area contributed by atoms with Gasteiger partial charge in [-0.05, 0) is 44.4 Å². The van der Waals surface area contributed by atoms with Gasteiger partial charge in [0.25, 0.3) is 5.91 Å². The lowest BCUT2D eigenvalue weighted by atomic mass is 10.1. The Bertz CT molecular complexity index is 1090. The molecule has 0 spiro atoms. The lowest BCUT2D eigenvalue weighted by Crippen LogP contribution is -2.32. The van der Waals surface area contributed by atoms with Gasteiger partial charge in [-0.1, -0.05) is 25.5 Å². The van der Waals surface area contributed by atoms with Crippen molar-refractivity contribution in [2.24, 2.45) is 0 Å². The summed E-state index contributed by atoms with van der Waals surface area (Å²) in [6.45, 7) is 5.87. The number of rotatable bonds is 1. The highest BCUT2D eigenvalue weighted by Gasteiger charge is 2.28. The van der Waals surface area contributed by atoms with Crippen LogP contribution in [0.25, 0.3) is 11.2 Å². The number of pyridine rings is 1. The highest BCUT2D eigenvalue weighted by molar-refractivity contribution is 8.00. The van der Waals surface area contributed by atoms with Crippen LogP contribution in [0, 0.1) is 6.92 Å². The van der Waals surface area contributed by atoms with Gasteiger partial charge >= 0.3 is 0 Å². The van der Waals surface area contributed by atoms with E-state index in [1.54, 1.807) is 0 Å². The number of carbonyl (C=O) groups is 1. The van der Waals surface area contributed by atoms with Gasteiger partial charge in [-0.2, -0.15) is 0 Å². The minimum absolute atomic E-state index is 0.0379. The number of benzene rings is 1. The molecule has 0 aliphatic carbocycles. The average Bonchev–Trinajstić information content (AvgIpc) is 2.86. The second-order valence-corrected chi connectivity index (χ2v) is 9.60. The fraction of sp³-hybridized carbons (Fsp3) is 0.435. The molecule has 1 aromatic carbocycles. The molecule has 6 heteroatoms. The molecule has 5 nitrogen and oxygen atoms in total. The molecule has 1 atom stereocenters. The molecule has 0 N–H and O–H groups in total. The Labute approximate surface area is 175 Å². The molecule has 29 heavy (non-hydrogen) atoms. The summed E-state index contributed by atoms with van der Waals surface area (Å²) < 4.78 is 2.24. The van der Waals surface area contributed by atoms with E-state index in [0.717, 1.165) is 67.1 Å². The van der Waals surface area contributed by atoms with Crippen LogP contribution in [0.15, 0.2) is 35.2 Å².